The van der Waals surface area contributed by atoms with E-state index in [4.69, 9.17) is 0 Å². The maximum atomic E-state index is 12.2. The van der Waals surface area contributed by atoms with E-state index in [1.165, 1.54) is 0 Å². The van der Waals surface area contributed by atoms with E-state index >= 15 is 0 Å². The summed E-state index contributed by atoms with van der Waals surface area (Å²) in [5, 5.41) is 12.1. The number of hydrogen-bond acceptors (Lipinski definition) is 4. The highest BCUT2D eigenvalue weighted by Crippen LogP contribution is 2.23. The predicted molar refractivity (Wildman–Crippen MR) is 79.9 cm³/mol. The molecule has 0 atom stereocenters. The van der Waals surface area contributed by atoms with Gasteiger partial charge in [0.25, 0.3) is 5.91 Å². The first kappa shape index (κ1) is 13.3. The van der Waals surface area contributed by atoms with Crippen LogP contribution in [0.5, 0.6) is 0 Å². The average Bonchev–Trinajstić information content (AvgIpc) is 3.11. The molecule has 0 spiro atoms. The molecular weight excluding hydrogens is 272 g/mol. The van der Waals surface area contributed by atoms with Gasteiger partial charge in [-0.3, -0.25) is 9.89 Å². The van der Waals surface area contributed by atoms with Crippen molar-refractivity contribution in [3.05, 3.63) is 29.3 Å². The fourth-order valence-electron chi connectivity index (χ4n) is 2.41. The van der Waals surface area contributed by atoms with Gasteiger partial charge in [0.05, 0.1) is 10.6 Å². The summed E-state index contributed by atoms with van der Waals surface area (Å²) in [5.74, 6) is -0.0846. The zero-order valence-corrected chi connectivity index (χ0v) is 12.2. The van der Waals surface area contributed by atoms with Gasteiger partial charge in [0.15, 0.2) is 5.69 Å². The number of likely N-dealkylation sites (tertiary alicyclic amines) is 1. The number of carbonyl (C=O) groups is 1. The van der Waals surface area contributed by atoms with Crippen LogP contribution in [-0.4, -0.2) is 47.2 Å². The highest BCUT2D eigenvalue weighted by molar-refractivity contribution is 7.13. The van der Waals surface area contributed by atoms with Gasteiger partial charge in [-0.05, 0) is 50.5 Å². The largest absolute Gasteiger partial charge is 0.348 e. The van der Waals surface area contributed by atoms with E-state index in [-0.39, 0.29) is 11.9 Å². The molecule has 2 N–H and O–H groups in total. The Bertz CT molecular complexity index is 570. The summed E-state index contributed by atoms with van der Waals surface area (Å²) in [5.41, 5.74) is 1.36. The Kier molecular flexibility index (Phi) is 3.84. The monoisotopic (exact) mass is 290 g/mol. The number of nitrogens with zero attached hydrogens (tertiary/aromatic N) is 2. The van der Waals surface area contributed by atoms with Gasteiger partial charge >= 0.3 is 0 Å². The second kappa shape index (κ2) is 5.76. The zero-order valence-electron chi connectivity index (χ0n) is 11.4. The van der Waals surface area contributed by atoms with Crippen molar-refractivity contribution in [3.63, 3.8) is 0 Å². The van der Waals surface area contributed by atoms with E-state index < -0.39 is 0 Å². The lowest BCUT2D eigenvalue weighted by Crippen LogP contribution is -2.43. The molecule has 0 bridgehead atoms. The second-order valence-corrected chi connectivity index (χ2v) is 6.14. The molecule has 106 valence electrons. The van der Waals surface area contributed by atoms with Crippen LogP contribution in [0.4, 0.5) is 0 Å². The third kappa shape index (κ3) is 2.91. The Morgan fingerprint density at radius 3 is 3.00 bits per heavy atom. The topological polar surface area (TPSA) is 61.0 Å². The van der Waals surface area contributed by atoms with E-state index in [0.717, 1.165) is 36.5 Å². The highest BCUT2D eigenvalue weighted by atomic mass is 32.1. The standard InChI is InChI=1S/C14H18N4OS/c1-18-6-4-10(5-7-18)15-14(19)12-9-11(16-17-12)13-3-2-8-20-13/h2-3,8-10H,4-7H2,1H3,(H,15,19)(H,16,17). The van der Waals surface area contributed by atoms with Crippen molar-refractivity contribution >= 4 is 17.2 Å². The number of rotatable bonds is 3. The lowest BCUT2D eigenvalue weighted by atomic mass is 10.1. The first-order valence-corrected chi connectivity index (χ1v) is 7.69. The summed E-state index contributed by atoms with van der Waals surface area (Å²) < 4.78 is 0. The van der Waals surface area contributed by atoms with Gasteiger partial charge in [-0.1, -0.05) is 6.07 Å². The molecular formula is C14H18N4OS. The van der Waals surface area contributed by atoms with Gasteiger partial charge in [0.1, 0.15) is 0 Å². The summed E-state index contributed by atoms with van der Waals surface area (Å²) in [7, 11) is 2.11. The van der Waals surface area contributed by atoms with Crippen LogP contribution < -0.4 is 5.32 Å². The quantitative estimate of drug-likeness (QED) is 0.908. The first-order chi connectivity index (χ1) is 9.72. The molecule has 1 aliphatic heterocycles. The minimum Gasteiger partial charge on any atom is -0.348 e. The molecule has 0 aliphatic carbocycles. The van der Waals surface area contributed by atoms with Gasteiger partial charge in [-0.15, -0.1) is 11.3 Å². The third-order valence-electron chi connectivity index (χ3n) is 3.65. The smallest absolute Gasteiger partial charge is 0.272 e. The molecule has 6 heteroatoms. The van der Waals surface area contributed by atoms with Crippen LogP contribution in [0, 0.1) is 0 Å². The van der Waals surface area contributed by atoms with Crippen molar-refractivity contribution < 1.29 is 4.79 Å². The number of aromatic nitrogens is 2. The minimum absolute atomic E-state index is 0.0846. The summed E-state index contributed by atoms with van der Waals surface area (Å²) in [6.45, 7) is 2.07. The summed E-state index contributed by atoms with van der Waals surface area (Å²) in [4.78, 5) is 15.6. The Balaban J connectivity index is 1.63. The maximum Gasteiger partial charge on any atom is 0.272 e. The fraction of sp³-hybridized carbons (Fsp3) is 0.429. The number of nitrogens with one attached hydrogen (secondary N) is 2. The van der Waals surface area contributed by atoms with Crippen LogP contribution in [0.2, 0.25) is 0 Å². The van der Waals surface area contributed by atoms with Crippen LogP contribution in [0.3, 0.4) is 0 Å². The molecule has 1 aliphatic rings. The van der Waals surface area contributed by atoms with Crippen molar-refractivity contribution in [2.75, 3.05) is 20.1 Å². The molecule has 2 aromatic rings. The van der Waals surface area contributed by atoms with E-state index in [9.17, 15) is 4.79 Å². The summed E-state index contributed by atoms with van der Waals surface area (Å²) in [6, 6.07) is 6.08. The summed E-state index contributed by atoms with van der Waals surface area (Å²) in [6.07, 6.45) is 2.01. The molecule has 3 heterocycles. The molecule has 3 rings (SSSR count). The van der Waals surface area contributed by atoms with Gasteiger partial charge in [0.2, 0.25) is 0 Å². The van der Waals surface area contributed by atoms with Gasteiger partial charge in [-0.2, -0.15) is 5.10 Å². The van der Waals surface area contributed by atoms with E-state index in [2.05, 4.69) is 27.5 Å². The van der Waals surface area contributed by atoms with Crippen LogP contribution >= 0.6 is 11.3 Å². The Labute approximate surface area is 122 Å². The first-order valence-electron chi connectivity index (χ1n) is 6.81. The van der Waals surface area contributed by atoms with E-state index in [1.54, 1.807) is 11.3 Å². The Morgan fingerprint density at radius 1 is 1.50 bits per heavy atom. The van der Waals surface area contributed by atoms with Crippen molar-refractivity contribution in [1.82, 2.24) is 20.4 Å². The number of hydrogen-bond donors (Lipinski definition) is 2. The average molecular weight is 290 g/mol. The molecule has 20 heavy (non-hydrogen) atoms. The van der Waals surface area contributed by atoms with Crippen molar-refractivity contribution in [2.24, 2.45) is 0 Å². The van der Waals surface area contributed by atoms with Crippen molar-refractivity contribution in [2.45, 2.75) is 18.9 Å². The normalized spacial score (nSPS) is 17.2. The van der Waals surface area contributed by atoms with Crippen molar-refractivity contribution in [3.8, 4) is 10.6 Å². The molecule has 5 nitrogen and oxygen atoms in total. The third-order valence-corrected chi connectivity index (χ3v) is 4.55. The van der Waals surface area contributed by atoms with Crippen molar-refractivity contribution in [1.29, 1.82) is 0 Å². The SMILES string of the molecule is CN1CCC(NC(=O)c2cc(-c3cccs3)[nH]n2)CC1. The molecule has 0 radical (unpaired) electrons. The minimum atomic E-state index is -0.0846. The molecule has 0 unspecified atom stereocenters. The number of piperidine rings is 1. The number of thiophene rings is 1. The summed E-state index contributed by atoms with van der Waals surface area (Å²) >= 11 is 1.63. The molecule has 2 aromatic heterocycles. The Hall–Kier alpha value is -1.66. The van der Waals surface area contributed by atoms with Gasteiger partial charge in [-0.25, -0.2) is 0 Å². The van der Waals surface area contributed by atoms with Gasteiger partial charge < -0.3 is 10.2 Å². The molecule has 0 saturated carbocycles. The fourth-order valence-corrected chi connectivity index (χ4v) is 3.10. The molecule has 1 fully saturated rings. The Morgan fingerprint density at radius 2 is 2.30 bits per heavy atom. The lowest BCUT2D eigenvalue weighted by molar-refractivity contribution is 0.0912. The zero-order chi connectivity index (χ0) is 13.9. The van der Waals surface area contributed by atoms with E-state index in [0.29, 0.717) is 5.69 Å². The molecule has 1 saturated heterocycles. The molecule has 1 amide bonds. The second-order valence-electron chi connectivity index (χ2n) is 5.20. The predicted octanol–water partition coefficient (Wildman–Crippen LogP) is 1.96. The highest BCUT2D eigenvalue weighted by Gasteiger charge is 2.20. The van der Waals surface area contributed by atoms with Crippen LogP contribution in [0.1, 0.15) is 23.3 Å². The number of H-pyrrole nitrogens is 1. The van der Waals surface area contributed by atoms with Crippen LogP contribution in [-0.2, 0) is 0 Å². The lowest BCUT2D eigenvalue weighted by Gasteiger charge is -2.29. The number of carbonyl (C=O) groups excluding carboxylic acids is 1. The van der Waals surface area contributed by atoms with Crippen LogP contribution in [0.15, 0.2) is 23.6 Å². The molecule has 0 aromatic carbocycles. The number of amides is 1. The number of aromatic amines is 1. The van der Waals surface area contributed by atoms with Gasteiger partial charge in [0, 0.05) is 6.04 Å². The maximum absolute atomic E-state index is 12.2. The van der Waals surface area contributed by atoms with Crippen LogP contribution in [0.25, 0.3) is 10.6 Å². The van der Waals surface area contributed by atoms with E-state index in [1.807, 2.05) is 23.6 Å².